The van der Waals surface area contributed by atoms with Crippen molar-refractivity contribution in [2.24, 2.45) is 0 Å². The van der Waals surface area contributed by atoms with Gasteiger partial charge in [0.05, 0.1) is 33.5 Å². The molecule has 0 aromatic heterocycles. The number of methoxy groups -OCH3 is 1. The maximum absolute atomic E-state index is 9.25. The molecule has 0 fully saturated rings. The minimum absolute atomic E-state index is 0.172. The molecule has 24 heavy (non-hydrogen) atoms. The fourth-order valence-electron chi connectivity index (χ4n) is 1.13. The Bertz CT molecular complexity index is 407. The smallest absolute Gasteiger partial charge is 0.160 e. The zero-order valence-electron chi connectivity index (χ0n) is 13.7. The van der Waals surface area contributed by atoms with Gasteiger partial charge in [-0.05, 0) is 24.1 Å². The number of hydrogen-bond donors (Lipinski definition) is 7. The number of aliphatic hydroxyl groups is 6. The van der Waals surface area contributed by atoms with E-state index in [4.69, 9.17) is 35.4 Å². The first-order valence-corrected chi connectivity index (χ1v) is 7.16. The molecule has 0 saturated heterocycles. The summed E-state index contributed by atoms with van der Waals surface area (Å²) in [7, 11) is 1.53. The highest BCUT2D eigenvalue weighted by Gasteiger charge is 2.00. The Morgan fingerprint density at radius 2 is 1.46 bits per heavy atom. The van der Waals surface area contributed by atoms with E-state index in [0.29, 0.717) is 5.75 Å². The van der Waals surface area contributed by atoms with Crippen LogP contribution in [0.15, 0.2) is 30.9 Å². The van der Waals surface area contributed by atoms with Gasteiger partial charge in [-0.2, -0.15) is 0 Å². The van der Waals surface area contributed by atoms with Crippen molar-refractivity contribution < 1.29 is 40.5 Å². The van der Waals surface area contributed by atoms with Crippen LogP contribution >= 0.6 is 0 Å². The van der Waals surface area contributed by atoms with Crippen molar-refractivity contribution in [3.63, 3.8) is 0 Å². The third-order valence-electron chi connectivity index (χ3n) is 2.47. The van der Waals surface area contributed by atoms with Gasteiger partial charge in [-0.15, -0.1) is 6.58 Å². The third kappa shape index (κ3) is 12.8. The summed E-state index contributed by atoms with van der Waals surface area (Å²) < 4.78 is 4.95. The summed E-state index contributed by atoms with van der Waals surface area (Å²) >= 11 is 0. The standard InChI is InChI=1S/C10H12O2.2C3H8O3/c1-3-4-8-5-6-9(11)10(7-8)12-2;2*4-1-3(6)2-5/h3,5-7,11H,1,4H2,2H3;2*3-6H,1-2H2. The second-order valence-electron chi connectivity index (χ2n) is 4.54. The van der Waals surface area contributed by atoms with E-state index in [1.54, 1.807) is 12.1 Å². The van der Waals surface area contributed by atoms with Gasteiger partial charge in [0.25, 0.3) is 0 Å². The molecule has 8 heteroatoms. The molecule has 0 aliphatic rings. The van der Waals surface area contributed by atoms with Crippen LogP contribution in [0.3, 0.4) is 0 Å². The number of allylic oxidation sites excluding steroid dienone is 1. The second-order valence-corrected chi connectivity index (χ2v) is 4.54. The highest BCUT2D eigenvalue weighted by atomic mass is 16.5. The average Bonchev–Trinajstić information content (AvgIpc) is 2.63. The fourth-order valence-corrected chi connectivity index (χ4v) is 1.13. The molecule has 0 aliphatic carbocycles. The van der Waals surface area contributed by atoms with E-state index < -0.39 is 12.2 Å². The summed E-state index contributed by atoms with van der Waals surface area (Å²) in [6.07, 6.45) is 0.692. The molecule has 0 heterocycles. The van der Waals surface area contributed by atoms with Gasteiger partial charge < -0.3 is 40.5 Å². The monoisotopic (exact) mass is 348 g/mol. The van der Waals surface area contributed by atoms with Gasteiger partial charge in [-0.1, -0.05) is 12.1 Å². The van der Waals surface area contributed by atoms with E-state index >= 15 is 0 Å². The summed E-state index contributed by atoms with van der Waals surface area (Å²) in [5.74, 6) is 0.680. The molecule has 0 radical (unpaired) electrons. The minimum Gasteiger partial charge on any atom is -0.504 e. The molecule has 8 nitrogen and oxygen atoms in total. The fraction of sp³-hybridized carbons (Fsp3) is 0.500. The normalized spacial score (nSPS) is 9.71. The summed E-state index contributed by atoms with van der Waals surface area (Å²) in [6.45, 7) is 2.17. The number of rotatable bonds is 7. The zero-order valence-corrected chi connectivity index (χ0v) is 13.7. The van der Waals surface area contributed by atoms with Crippen molar-refractivity contribution in [1.29, 1.82) is 0 Å². The van der Waals surface area contributed by atoms with Crippen molar-refractivity contribution in [3.8, 4) is 11.5 Å². The van der Waals surface area contributed by atoms with Crippen LogP contribution in [0.4, 0.5) is 0 Å². The minimum atomic E-state index is -0.954. The van der Waals surface area contributed by atoms with E-state index in [9.17, 15) is 5.11 Å². The van der Waals surface area contributed by atoms with Crippen LogP contribution < -0.4 is 4.74 Å². The summed E-state index contributed by atoms with van der Waals surface area (Å²) in [5.41, 5.74) is 1.08. The molecule has 0 saturated carbocycles. The van der Waals surface area contributed by atoms with Gasteiger partial charge in [0.1, 0.15) is 12.2 Å². The Balaban J connectivity index is 0. The highest BCUT2D eigenvalue weighted by Crippen LogP contribution is 2.26. The molecule has 0 amide bonds. The number of phenols is 1. The van der Waals surface area contributed by atoms with E-state index in [1.165, 1.54) is 7.11 Å². The van der Waals surface area contributed by atoms with Gasteiger partial charge in [-0.3, -0.25) is 0 Å². The lowest BCUT2D eigenvalue weighted by Crippen LogP contribution is -2.15. The topological polar surface area (TPSA) is 151 Å². The Hall–Kier alpha value is -1.68. The van der Waals surface area contributed by atoms with Gasteiger partial charge in [0, 0.05) is 0 Å². The van der Waals surface area contributed by atoms with Crippen LogP contribution in [0.5, 0.6) is 11.5 Å². The Morgan fingerprint density at radius 1 is 1.00 bits per heavy atom. The van der Waals surface area contributed by atoms with E-state index in [1.807, 2.05) is 12.1 Å². The molecule has 0 aliphatic heterocycles. The average molecular weight is 348 g/mol. The Morgan fingerprint density at radius 3 is 1.75 bits per heavy atom. The second kappa shape index (κ2) is 16.2. The maximum Gasteiger partial charge on any atom is 0.160 e. The number of hydrogen-bond acceptors (Lipinski definition) is 8. The molecule has 140 valence electrons. The lowest BCUT2D eigenvalue weighted by atomic mass is 10.1. The van der Waals surface area contributed by atoms with E-state index in [-0.39, 0.29) is 32.2 Å². The molecule has 1 aromatic rings. The van der Waals surface area contributed by atoms with Crippen molar-refractivity contribution in [1.82, 2.24) is 0 Å². The molecular formula is C16H28O8. The lowest BCUT2D eigenvalue weighted by Gasteiger charge is -2.04. The maximum atomic E-state index is 9.25. The van der Waals surface area contributed by atoms with Crippen molar-refractivity contribution in [2.75, 3.05) is 33.5 Å². The lowest BCUT2D eigenvalue weighted by molar-refractivity contribution is 0.0450. The SMILES string of the molecule is C=CCc1ccc(O)c(OC)c1.OCC(O)CO.OCC(O)CO. The van der Waals surface area contributed by atoms with Crippen molar-refractivity contribution in [3.05, 3.63) is 36.4 Å². The highest BCUT2D eigenvalue weighted by molar-refractivity contribution is 5.42. The first-order valence-electron chi connectivity index (χ1n) is 7.16. The van der Waals surface area contributed by atoms with Gasteiger partial charge >= 0.3 is 0 Å². The van der Waals surface area contributed by atoms with Crippen LogP contribution in [-0.4, -0.2) is 81.5 Å². The molecule has 7 N–H and O–H groups in total. The van der Waals surface area contributed by atoms with Crippen molar-refractivity contribution in [2.45, 2.75) is 18.6 Å². The number of phenolic OH excluding ortho intramolecular Hbond substituents is 1. The van der Waals surface area contributed by atoms with Crippen LogP contribution in [0.2, 0.25) is 0 Å². The molecule has 0 bridgehead atoms. The predicted molar refractivity (Wildman–Crippen MR) is 88.9 cm³/mol. The quantitative estimate of drug-likeness (QED) is 0.303. The molecule has 0 unspecified atom stereocenters. The number of aromatic hydroxyl groups is 1. The molecular weight excluding hydrogens is 320 g/mol. The van der Waals surface area contributed by atoms with Crippen molar-refractivity contribution >= 4 is 0 Å². The van der Waals surface area contributed by atoms with Gasteiger partial charge in [0.15, 0.2) is 11.5 Å². The van der Waals surface area contributed by atoms with Crippen LogP contribution in [-0.2, 0) is 6.42 Å². The summed E-state index contributed by atoms with van der Waals surface area (Å²) in [5, 5.41) is 57.3. The van der Waals surface area contributed by atoms with Crippen LogP contribution in [0.25, 0.3) is 0 Å². The zero-order chi connectivity index (χ0) is 19.0. The first-order chi connectivity index (χ1) is 11.4. The number of benzene rings is 1. The van der Waals surface area contributed by atoms with Gasteiger partial charge in [0.2, 0.25) is 0 Å². The molecule has 1 aromatic carbocycles. The summed E-state index contributed by atoms with van der Waals surface area (Å²) in [4.78, 5) is 0. The van der Waals surface area contributed by atoms with E-state index in [2.05, 4.69) is 6.58 Å². The largest absolute Gasteiger partial charge is 0.504 e. The number of aliphatic hydroxyl groups excluding tert-OH is 6. The number of ether oxygens (including phenoxy) is 1. The van der Waals surface area contributed by atoms with Gasteiger partial charge in [-0.25, -0.2) is 0 Å². The Kier molecular flexibility index (Phi) is 16.6. The first kappa shape index (κ1) is 24.6. The van der Waals surface area contributed by atoms with Crippen LogP contribution in [0.1, 0.15) is 5.56 Å². The van der Waals surface area contributed by atoms with E-state index in [0.717, 1.165) is 12.0 Å². The summed E-state index contributed by atoms with van der Waals surface area (Å²) in [6, 6.07) is 5.27. The Labute approximate surface area is 141 Å². The molecule has 0 spiro atoms. The molecule has 1 rings (SSSR count). The predicted octanol–water partition coefficient (Wildman–Crippen LogP) is -1.21. The third-order valence-corrected chi connectivity index (χ3v) is 2.47. The molecule has 0 atom stereocenters. The van der Waals surface area contributed by atoms with Crippen LogP contribution in [0, 0.1) is 0 Å².